The van der Waals surface area contributed by atoms with Crippen LogP contribution in [0.3, 0.4) is 0 Å². The topological polar surface area (TPSA) is 20.2 Å². The van der Waals surface area contributed by atoms with E-state index in [1.165, 1.54) is 12.1 Å². The van der Waals surface area contributed by atoms with Gasteiger partial charge in [0, 0.05) is 6.07 Å². The number of halogens is 2. The molecule has 1 fully saturated rings. The maximum absolute atomic E-state index is 13.0. The van der Waals surface area contributed by atoms with Crippen LogP contribution in [0.2, 0.25) is 0 Å². The van der Waals surface area contributed by atoms with Gasteiger partial charge in [-0.15, -0.1) is 0 Å². The molecule has 0 heterocycles. The van der Waals surface area contributed by atoms with Crippen molar-refractivity contribution < 1.29 is 13.9 Å². The lowest BCUT2D eigenvalue weighted by Gasteiger charge is -2.39. The third-order valence-electron chi connectivity index (χ3n) is 3.35. The SMILES string of the molecule is CC(O)(c1cc(F)cc(F)c1)C1CCC1. The van der Waals surface area contributed by atoms with Gasteiger partial charge in [-0.3, -0.25) is 0 Å². The smallest absolute Gasteiger partial charge is 0.126 e. The Hall–Kier alpha value is -0.960. The Bertz CT molecular complexity index is 350. The summed E-state index contributed by atoms with van der Waals surface area (Å²) in [5.41, 5.74) is -0.772. The van der Waals surface area contributed by atoms with Gasteiger partial charge in [0.15, 0.2) is 0 Å². The molecule has 1 atom stereocenters. The summed E-state index contributed by atoms with van der Waals surface area (Å²) in [6, 6.07) is 3.24. The number of aliphatic hydroxyl groups is 1. The van der Waals surface area contributed by atoms with E-state index >= 15 is 0 Å². The van der Waals surface area contributed by atoms with Crippen LogP contribution in [-0.2, 0) is 5.60 Å². The van der Waals surface area contributed by atoms with Crippen LogP contribution < -0.4 is 0 Å². The van der Waals surface area contributed by atoms with Gasteiger partial charge in [-0.2, -0.15) is 0 Å². The highest BCUT2D eigenvalue weighted by Crippen LogP contribution is 2.42. The molecule has 82 valence electrons. The molecule has 1 nitrogen and oxygen atoms in total. The molecule has 3 heteroatoms. The maximum atomic E-state index is 13.0. The van der Waals surface area contributed by atoms with E-state index in [1.807, 2.05) is 0 Å². The van der Waals surface area contributed by atoms with Crippen LogP contribution in [0.5, 0.6) is 0 Å². The third-order valence-corrected chi connectivity index (χ3v) is 3.35. The number of hydrogen-bond acceptors (Lipinski definition) is 1. The summed E-state index contributed by atoms with van der Waals surface area (Å²) in [4.78, 5) is 0. The minimum absolute atomic E-state index is 0.124. The van der Waals surface area contributed by atoms with E-state index in [0.29, 0.717) is 5.56 Å². The van der Waals surface area contributed by atoms with Gasteiger partial charge in [-0.25, -0.2) is 8.78 Å². The first kappa shape index (κ1) is 10.6. The second-order valence-electron chi connectivity index (χ2n) is 4.43. The molecule has 0 saturated heterocycles. The first-order valence-electron chi connectivity index (χ1n) is 5.19. The fraction of sp³-hybridized carbons (Fsp3) is 0.500. The summed E-state index contributed by atoms with van der Waals surface area (Å²) in [7, 11) is 0. The first-order valence-corrected chi connectivity index (χ1v) is 5.19. The minimum atomic E-state index is -1.11. The molecule has 2 rings (SSSR count). The minimum Gasteiger partial charge on any atom is -0.385 e. The summed E-state index contributed by atoms with van der Waals surface area (Å²) in [5, 5.41) is 10.2. The van der Waals surface area contributed by atoms with E-state index in [0.717, 1.165) is 25.3 Å². The highest BCUT2D eigenvalue weighted by molar-refractivity contribution is 5.25. The summed E-state index contributed by atoms with van der Waals surface area (Å²) in [6.07, 6.45) is 2.93. The molecule has 1 N–H and O–H groups in total. The molecular weight excluding hydrogens is 198 g/mol. The lowest BCUT2D eigenvalue weighted by Crippen LogP contribution is -2.36. The Labute approximate surface area is 87.7 Å². The fourth-order valence-corrected chi connectivity index (χ4v) is 2.05. The van der Waals surface area contributed by atoms with Crippen LogP contribution in [0.15, 0.2) is 18.2 Å². The second kappa shape index (κ2) is 3.56. The van der Waals surface area contributed by atoms with Crippen molar-refractivity contribution in [3.05, 3.63) is 35.4 Å². The molecule has 15 heavy (non-hydrogen) atoms. The molecule has 1 saturated carbocycles. The standard InChI is InChI=1S/C12H14F2O/c1-12(15,8-3-2-4-8)9-5-10(13)7-11(14)6-9/h5-8,15H,2-4H2,1H3. The van der Waals surface area contributed by atoms with Gasteiger partial charge < -0.3 is 5.11 Å². The van der Waals surface area contributed by atoms with Gasteiger partial charge in [-0.05, 0) is 43.4 Å². The van der Waals surface area contributed by atoms with Crippen LogP contribution >= 0.6 is 0 Å². The Balaban J connectivity index is 2.34. The summed E-state index contributed by atoms with van der Waals surface area (Å²) in [6.45, 7) is 1.63. The molecule has 0 radical (unpaired) electrons. The molecule has 1 unspecified atom stereocenters. The van der Waals surface area contributed by atoms with Gasteiger partial charge in [0.05, 0.1) is 5.60 Å². The third kappa shape index (κ3) is 1.88. The molecule has 1 aromatic rings. The maximum Gasteiger partial charge on any atom is 0.126 e. The van der Waals surface area contributed by atoms with Gasteiger partial charge in [-0.1, -0.05) is 6.42 Å². The normalized spacial score (nSPS) is 20.8. The van der Waals surface area contributed by atoms with Gasteiger partial charge in [0.1, 0.15) is 11.6 Å². The van der Waals surface area contributed by atoms with Crippen LogP contribution in [0.25, 0.3) is 0 Å². The average Bonchev–Trinajstić information content (AvgIpc) is 1.97. The molecular formula is C12H14F2O. The lowest BCUT2D eigenvalue weighted by molar-refractivity contribution is -0.0403. The number of benzene rings is 1. The predicted molar refractivity (Wildman–Crippen MR) is 53.3 cm³/mol. The van der Waals surface area contributed by atoms with Crippen molar-refractivity contribution in [2.24, 2.45) is 5.92 Å². The Morgan fingerprint density at radius 3 is 2.13 bits per heavy atom. The Morgan fingerprint density at radius 2 is 1.73 bits per heavy atom. The summed E-state index contributed by atoms with van der Waals surface area (Å²) in [5.74, 6) is -1.15. The van der Waals surface area contributed by atoms with Crippen molar-refractivity contribution in [3.63, 3.8) is 0 Å². The molecule has 0 bridgehead atoms. The first-order chi connectivity index (χ1) is 7.00. The van der Waals surface area contributed by atoms with E-state index in [1.54, 1.807) is 6.92 Å². The van der Waals surface area contributed by atoms with Crippen molar-refractivity contribution in [2.75, 3.05) is 0 Å². The lowest BCUT2D eigenvalue weighted by atomic mass is 9.71. The quantitative estimate of drug-likeness (QED) is 0.799. The van der Waals surface area contributed by atoms with Crippen molar-refractivity contribution in [2.45, 2.75) is 31.8 Å². The largest absolute Gasteiger partial charge is 0.385 e. The number of hydrogen-bond donors (Lipinski definition) is 1. The van der Waals surface area contributed by atoms with Gasteiger partial charge in [0.2, 0.25) is 0 Å². The van der Waals surface area contributed by atoms with Crippen molar-refractivity contribution >= 4 is 0 Å². The molecule has 1 aliphatic rings. The van der Waals surface area contributed by atoms with E-state index in [2.05, 4.69) is 0 Å². The fourth-order valence-electron chi connectivity index (χ4n) is 2.05. The molecule has 0 aromatic heterocycles. The highest BCUT2D eigenvalue weighted by Gasteiger charge is 2.37. The number of rotatable bonds is 2. The van der Waals surface area contributed by atoms with E-state index in [-0.39, 0.29) is 5.92 Å². The van der Waals surface area contributed by atoms with Crippen LogP contribution in [-0.4, -0.2) is 5.11 Å². The monoisotopic (exact) mass is 212 g/mol. The molecule has 0 spiro atoms. The van der Waals surface area contributed by atoms with E-state index in [9.17, 15) is 13.9 Å². The van der Waals surface area contributed by atoms with Crippen molar-refractivity contribution in [1.29, 1.82) is 0 Å². The molecule has 1 aromatic carbocycles. The molecule has 1 aliphatic carbocycles. The van der Waals surface area contributed by atoms with Crippen molar-refractivity contribution in [1.82, 2.24) is 0 Å². The van der Waals surface area contributed by atoms with Gasteiger partial charge in [0.25, 0.3) is 0 Å². The zero-order valence-electron chi connectivity index (χ0n) is 8.63. The molecule has 0 amide bonds. The van der Waals surface area contributed by atoms with E-state index in [4.69, 9.17) is 0 Å². The Morgan fingerprint density at radius 1 is 1.20 bits per heavy atom. The van der Waals surface area contributed by atoms with Crippen molar-refractivity contribution in [3.8, 4) is 0 Å². The second-order valence-corrected chi connectivity index (χ2v) is 4.43. The van der Waals surface area contributed by atoms with Crippen LogP contribution in [0, 0.1) is 17.6 Å². The zero-order valence-corrected chi connectivity index (χ0v) is 8.63. The van der Waals surface area contributed by atoms with Crippen LogP contribution in [0.4, 0.5) is 8.78 Å². The Kier molecular flexibility index (Phi) is 2.51. The zero-order chi connectivity index (χ0) is 11.1. The average molecular weight is 212 g/mol. The summed E-state index contributed by atoms with van der Waals surface area (Å²) < 4.78 is 26.0. The summed E-state index contributed by atoms with van der Waals surface area (Å²) >= 11 is 0. The van der Waals surface area contributed by atoms with E-state index < -0.39 is 17.2 Å². The van der Waals surface area contributed by atoms with Crippen LogP contribution in [0.1, 0.15) is 31.7 Å². The highest BCUT2D eigenvalue weighted by atomic mass is 19.1. The predicted octanol–water partition coefficient (Wildman–Crippen LogP) is 2.97. The van der Waals surface area contributed by atoms with Gasteiger partial charge >= 0.3 is 0 Å². The molecule has 0 aliphatic heterocycles.